The van der Waals surface area contributed by atoms with E-state index in [0.717, 1.165) is 5.75 Å². The Morgan fingerprint density at radius 2 is 2.17 bits per heavy atom. The molecule has 0 amide bonds. The molecule has 0 radical (unpaired) electrons. The van der Waals surface area contributed by atoms with Crippen molar-refractivity contribution in [3.8, 4) is 0 Å². The largest absolute Gasteiger partial charge is 0.396 e. The number of aliphatic hydroxyl groups excluding tert-OH is 1. The highest BCUT2D eigenvalue weighted by Crippen LogP contribution is 2.18. The Morgan fingerprint density at radius 1 is 1.50 bits per heavy atom. The van der Waals surface area contributed by atoms with Gasteiger partial charge in [0.1, 0.15) is 0 Å². The summed E-state index contributed by atoms with van der Waals surface area (Å²) in [5.74, 6) is 1.32. The Morgan fingerprint density at radius 3 is 2.75 bits per heavy atom. The van der Waals surface area contributed by atoms with Crippen LogP contribution in [0.2, 0.25) is 0 Å². The summed E-state index contributed by atoms with van der Waals surface area (Å²) in [6.07, 6.45) is 3.57. The Labute approximate surface area is 77.0 Å². The smallest absolute Gasteiger partial charge is 0.0464 e. The SMILES string of the molecule is CC(CO)CSc1ccncc1. The minimum atomic E-state index is 0.262. The van der Waals surface area contributed by atoms with E-state index in [1.54, 1.807) is 24.2 Å². The predicted molar refractivity (Wildman–Crippen MR) is 51.2 cm³/mol. The summed E-state index contributed by atoms with van der Waals surface area (Å²) in [7, 11) is 0. The van der Waals surface area contributed by atoms with Gasteiger partial charge in [-0.25, -0.2) is 0 Å². The van der Waals surface area contributed by atoms with Gasteiger partial charge in [-0.2, -0.15) is 0 Å². The molecule has 0 aliphatic rings. The van der Waals surface area contributed by atoms with Crippen LogP contribution in [0.3, 0.4) is 0 Å². The first-order valence-electron chi connectivity index (χ1n) is 3.96. The van der Waals surface area contributed by atoms with Gasteiger partial charge in [0.25, 0.3) is 0 Å². The van der Waals surface area contributed by atoms with Gasteiger partial charge in [0.05, 0.1) is 0 Å². The van der Waals surface area contributed by atoms with E-state index < -0.39 is 0 Å². The Bertz CT molecular complexity index is 215. The van der Waals surface area contributed by atoms with Crippen LogP contribution in [0.15, 0.2) is 29.4 Å². The van der Waals surface area contributed by atoms with Crippen LogP contribution in [0, 0.1) is 5.92 Å². The average Bonchev–Trinajstić information content (AvgIpc) is 2.16. The number of thioether (sulfide) groups is 1. The van der Waals surface area contributed by atoms with Gasteiger partial charge in [0.15, 0.2) is 0 Å². The number of nitrogens with zero attached hydrogens (tertiary/aromatic N) is 1. The lowest BCUT2D eigenvalue weighted by molar-refractivity contribution is 0.250. The molecule has 1 unspecified atom stereocenters. The van der Waals surface area contributed by atoms with Gasteiger partial charge in [0, 0.05) is 29.6 Å². The predicted octanol–water partition coefficient (Wildman–Crippen LogP) is 1.80. The van der Waals surface area contributed by atoms with Gasteiger partial charge in [-0.15, -0.1) is 11.8 Å². The molecule has 0 bridgehead atoms. The first-order chi connectivity index (χ1) is 5.83. The Kier molecular flexibility index (Phi) is 4.11. The van der Waals surface area contributed by atoms with E-state index in [9.17, 15) is 0 Å². The maximum absolute atomic E-state index is 8.79. The van der Waals surface area contributed by atoms with Crippen molar-refractivity contribution >= 4 is 11.8 Å². The molecule has 0 saturated heterocycles. The first kappa shape index (κ1) is 9.55. The van der Waals surface area contributed by atoms with E-state index in [0.29, 0.717) is 5.92 Å². The van der Waals surface area contributed by atoms with Crippen molar-refractivity contribution in [2.75, 3.05) is 12.4 Å². The summed E-state index contributed by atoms with van der Waals surface area (Å²) in [6.45, 7) is 2.30. The third-order valence-corrected chi connectivity index (χ3v) is 2.84. The van der Waals surface area contributed by atoms with Crippen LogP contribution < -0.4 is 0 Å². The molecule has 0 fully saturated rings. The van der Waals surface area contributed by atoms with Gasteiger partial charge < -0.3 is 5.11 Å². The number of rotatable bonds is 4. The molecule has 0 aliphatic carbocycles. The second-order valence-corrected chi connectivity index (χ2v) is 3.88. The summed E-state index contributed by atoms with van der Waals surface area (Å²) in [5.41, 5.74) is 0. The standard InChI is InChI=1S/C9H13NOS/c1-8(6-11)7-12-9-2-4-10-5-3-9/h2-5,8,11H,6-7H2,1H3. The summed E-state index contributed by atoms with van der Waals surface area (Å²) in [5, 5.41) is 8.79. The topological polar surface area (TPSA) is 33.1 Å². The molecule has 1 heterocycles. The average molecular weight is 183 g/mol. The van der Waals surface area contributed by atoms with Crippen LogP contribution in [-0.4, -0.2) is 22.5 Å². The zero-order chi connectivity index (χ0) is 8.81. The molecule has 0 aromatic carbocycles. The fourth-order valence-corrected chi connectivity index (χ4v) is 1.62. The molecule has 1 aromatic heterocycles. The minimum Gasteiger partial charge on any atom is -0.396 e. The van der Waals surface area contributed by atoms with E-state index in [4.69, 9.17) is 5.11 Å². The summed E-state index contributed by atoms with van der Waals surface area (Å²) >= 11 is 1.75. The summed E-state index contributed by atoms with van der Waals surface area (Å²) < 4.78 is 0. The molecular weight excluding hydrogens is 170 g/mol. The molecule has 3 heteroatoms. The molecule has 2 nitrogen and oxygen atoms in total. The monoisotopic (exact) mass is 183 g/mol. The van der Waals surface area contributed by atoms with Crippen LogP contribution in [0.5, 0.6) is 0 Å². The molecule has 66 valence electrons. The second-order valence-electron chi connectivity index (χ2n) is 2.78. The molecule has 1 N–H and O–H groups in total. The van der Waals surface area contributed by atoms with Crippen molar-refractivity contribution in [2.24, 2.45) is 5.92 Å². The zero-order valence-corrected chi connectivity index (χ0v) is 7.92. The summed E-state index contributed by atoms with van der Waals surface area (Å²) in [6, 6.07) is 3.96. The molecule has 1 rings (SSSR count). The quantitative estimate of drug-likeness (QED) is 0.723. The third kappa shape index (κ3) is 3.24. The van der Waals surface area contributed by atoms with E-state index in [1.807, 2.05) is 19.1 Å². The van der Waals surface area contributed by atoms with Crippen molar-refractivity contribution in [1.29, 1.82) is 0 Å². The number of aromatic nitrogens is 1. The van der Waals surface area contributed by atoms with Crippen LogP contribution in [0.25, 0.3) is 0 Å². The normalized spacial score (nSPS) is 12.8. The highest BCUT2D eigenvalue weighted by atomic mass is 32.2. The summed E-state index contributed by atoms with van der Waals surface area (Å²) in [4.78, 5) is 5.14. The van der Waals surface area contributed by atoms with Gasteiger partial charge in [-0.05, 0) is 18.1 Å². The van der Waals surface area contributed by atoms with E-state index in [-0.39, 0.29) is 6.61 Å². The molecule has 1 aromatic rings. The highest BCUT2D eigenvalue weighted by Gasteiger charge is 2.00. The maximum Gasteiger partial charge on any atom is 0.0464 e. The van der Waals surface area contributed by atoms with Crippen molar-refractivity contribution in [3.63, 3.8) is 0 Å². The van der Waals surface area contributed by atoms with E-state index in [1.165, 1.54) is 4.90 Å². The van der Waals surface area contributed by atoms with Crippen LogP contribution in [0.4, 0.5) is 0 Å². The molecular formula is C9H13NOS. The van der Waals surface area contributed by atoms with Gasteiger partial charge in [-0.1, -0.05) is 6.92 Å². The number of aliphatic hydroxyl groups is 1. The highest BCUT2D eigenvalue weighted by molar-refractivity contribution is 7.99. The van der Waals surface area contributed by atoms with Crippen LogP contribution >= 0.6 is 11.8 Å². The third-order valence-electron chi connectivity index (χ3n) is 1.50. The fourth-order valence-electron chi connectivity index (χ4n) is 0.726. The van der Waals surface area contributed by atoms with E-state index >= 15 is 0 Å². The van der Waals surface area contributed by atoms with Gasteiger partial charge >= 0.3 is 0 Å². The number of pyridine rings is 1. The van der Waals surface area contributed by atoms with Crippen LogP contribution in [0.1, 0.15) is 6.92 Å². The van der Waals surface area contributed by atoms with Gasteiger partial charge in [0.2, 0.25) is 0 Å². The lowest BCUT2D eigenvalue weighted by atomic mass is 10.2. The fraction of sp³-hybridized carbons (Fsp3) is 0.444. The van der Waals surface area contributed by atoms with Crippen molar-refractivity contribution < 1.29 is 5.11 Å². The molecule has 1 atom stereocenters. The van der Waals surface area contributed by atoms with Gasteiger partial charge in [-0.3, -0.25) is 4.98 Å². The zero-order valence-electron chi connectivity index (χ0n) is 7.10. The molecule has 0 spiro atoms. The molecule has 12 heavy (non-hydrogen) atoms. The maximum atomic E-state index is 8.79. The van der Waals surface area contributed by atoms with Crippen molar-refractivity contribution in [1.82, 2.24) is 4.98 Å². The van der Waals surface area contributed by atoms with Crippen molar-refractivity contribution in [2.45, 2.75) is 11.8 Å². The van der Waals surface area contributed by atoms with Crippen LogP contribution in [-0.2, 0) is 0 Å². The number of hydrogen-bond donors (Lipinski definition) is 1. The molecule has 0 aliphatic heterocycles. The number of hydrogen-bond acceptors (Lipinski definition) is 3. The van der Waals surface area contributed by atoms with Crippen molar-refractivity contribution in [3.05, 3.63) is 24.5 Å². The lowest BCUT2D eigenvalue weighted by Gasteiger charge is -2.05. The first-order valence-corrected chi connectivity index (χ1v) is 4.95. The second kappa shape index (κ2) is 5.17. The Balaban J connectivity index is 2.33. The Hall–Kier alpha value is -0.540. The van der Waals surface area contributed by atoms with E-state index in [2.05, 4.69) is 4.98 Å². The minimum absolute atomic E-state index is 0.262. The molecule has 0 saturated carbocycles. The lowest BCUT2D eigenvalue weighted by Crippen LogP contribution is -2.02.